The average Bonchev–Trinajstić information content (AvgIpc) is 2.98. The number of halogens is 5. The van der Waals surface area contributed by atoms with E-state index in [1.807, 2.05) is 6.92 Å². The lowest BCUT2D eigenvalue weighted by Crippen LogP contribution is -2.18. The minimum Gasteiger partial charge on any atom is -0.260 e. The molecular formula is C18H13ClF4N6. The van der Waals surface area contributed by atoms with E-state index in [1.54, 1.807) is 12.1 Å². The van der Waals surface area contributed by atoms with Crippen LogP contribution < -0.4 is 0 Å². The first-order valence-electron chi connectivity index (χ1n) is 8.74. The van der Waals surface area contributed by atoms with Gasteiger partial charge in [-0.25, -0.2) is 4.98 Å². The number of fused-ring (bicyclic) bond motifs is 2. The third-order valence-corrected chi connectivity index (χ3v) is 5.66. The van der Waals surface area contributed by atoms with Crippen LogP contribution >= 0.6 is 11.6 Å². The lowest BCUT2D eigenvalue weighted by atomic mass is 9.97. The van der Waals surface area contributed by atoms with Crippen LogP contribution in [0.3, 0.4) is 0 Å². The zero-order chi connectivity index (χ0) is 20.6. The van der Waals surface area contributed by atoms with Crippen molar-refractivity contribution in [2.24, 2.45) is 0 Å². The summed E-state index contributed by atoms with van der Waals surface area (Å²) < 4.78 is 54.4. The Hall–Kier alpha value is -2.75. The molecule has 29 heavy (non-hydrogen) atoms. The number of imidazole rings is 1. The molecule has 5 rings (SSSR count). The smallest absolute Gasteiger partial charge is 0.260 e. The molecule has 11 heteroatoms. The highest BCUT2D eigenvalue weighted by Crippen LogP contribution is 2.60. The maximum absolute atomic E-state index is 13.9. The zero-order valence-electron chi connectivity index (χ0n) is 15.0. The molecule has 1 saturated carbocycles. The van der Waals surface area contributed by atoms with Crippen molar-refractivity contribution in [1.82, 2.24) is 29.4 Å². The quantitative estimate of drug-likeness (QED) is 0.461. The predicted octanol–water partition coefficient (Wildman–Crippen LogP) is 4.27. The van der Waals surface area contributed by atoms with Gasteiger partial charge in [-0.15, -0.1) is 0 Å². The third kappa shape index (κ3) is 2.93. The second kappa shape index (κ2) is 5.88. The second-order valence-electron chi connectivity index (χ2n) is 7.46. The predicted molar refractivity (Wildman–Crippen MR) is 96.2 cm³/mol. The van der Waals surface area contributed by atoms with Gasteiger partial charge < -0.3 is 0 Å². The van der Waals surface area contributed by atoms with Gasteiger partial charge in [-0.1, -0.05) is 18.5 Å². The Kier molecular flexibility index (Phi) is 3.71. The van der Waals surface area contributed by atoms with Gasteiger partial charge in [-0.2, -0.15) is 32.3 Å². The van der Waals surface area contributed by atoms with E-state index in [0.29, 0.717) is 28.7 Å². The van der Waals surface area contributed by atoms with Gasteiger partial charge >= 0.3 is 6.18 Å². The van der Waals surface area contributed by atoms with Gasteiger partial charge in [0.2, 0.25) is 5.95 Å². The van der Waals surface area contributed by atoms with Crippen LogP contribution in [0.4, 0.5) is 17.6 Å². The minimum absolute atomic E-state index is 0.0729. The Balaban J connectivity index is 1.56. The Labute approximate surface area is 166 Å². The number of hydrogen-bond acceptors (Lipinski definition) is 4. The van der Waals surface area contributed by atoms with Crippen molar-refractivity contribution in [3.63, 3.8) is 0 Å². The van der Waals surface area contributed by atoms with Crippen LogP contribution in [-0.4, -0.2) is 35.5 Å². The van der Waals surface area contributed by atoms with Gasteiger partial charge in [-0.05, 0) is 24.5 Å². The van der Waals surface area contributed by atoms with Crippen molar-refractivity contribution in [1.29, 1.82) is 0 Å². The van der Waals surface area contributed by atoms with Crippen LogP contribution in [0.15, 0.2) is 30.7 Å². The normalized spacial score (nSPS) is 21.9. The van der Waals surface area contributed by atoms with E-state index in [1.165, 1.54) is 12.4 Å². The summed E-state index contributed by atoms with van der Waals surface area (Å²) in [6.07, 6.45) is 0.253. The molecule has 4 aromatic rings. The van der Waals surface area contributed by atoms with Gasteiger partial charge in [0, 0.05) is 28.3 Å². The van der Waals surface area contributed by atoms with Crippen molar-refractivity contribution in [2.75, 3.05) is 0 Å². The Morgan fingerprint density at radius 3 is 2.76 bits per heavy atom. The largest absolute Gasteiger partial charge is 0.408 e. The van der Waals surface area contributed by atoms with Crippen LogP contribution in [-0.2, 0) is 12.0 Å². The fourth-order valence-corrected chi connectivity index (χ4v) is 4.07. The highest BCUT2D eigenvalue weighted by Gasteiger charge is 2.54. The summed E-state index contributed by atoms with van der Waals surface area (Å²) in [6, 6.07) is 3.28. The van der Waals surface area contributed by atoms with Crippen molar-refractivity contribution in [3.05, 3.63) is 53.1 Å². The van der Waals surface area contributed by atoms with E-state index in [0.717, 1.165) is 21.0 Å². The molecule has 0 aliphatic heterocycles. The maximum Gasteiger partial charge on any atom is 0.408 e. The molecule has 1 aliphatic carbocycles. The molecule has 0 saturated heterocycles. The Bertz CT molecular complexity index is 1260. The standard InChI is InChI=1S/C18H13ClF4N6/c1-17(4-11(17)10-2-14(19)27-29-15(20)7-25-16(10)29)13-3-12-9(5-24-13)6-26-28(12)8-18(21,22)23/h2-3,5-7,11H,4,8H2,1H3/t11-,17+/m1/s1. The summed E-state index contributed by atoms with van der Waals surface area (Å²) in [7, 11) is 0. The molecule has 0 aromatic carbocycles. The maximum atomic E-state index is 13.9. The summed E-state index contributed by atoms with van der Waals surface area (Å²) >= 11 is 6.05. The lowest BCUT2D eigenvalue weighted by Gasteiger charge is -2.13. The molecule has 0 N–H and O–H groups in total. The second-order valence-corrected chi connectivity index (χ2v) is 7.85. The number of nitrogens with zero attached hydrogens (tertiary/aromatic N) is 6. The average molecular weight is 425 g/mol. The molecule has 4 aromatic heterocycles. The first-order valence-corrected chi connectivity index (χ1v) is 9.12. The molecule has 0 spiro atoms. The van der Waals surface area contributed by atoms with Crippen LogP contribution in [0, 0.1) is 5.95 Å². The SMILES string of the molecule is C[C@]1(c2cc3c(cn2)cnn3CC(F)(F)F)C[C@@H]1c1cc(Cl)nn2c(F)cnc12. The van der Waals surface area contributed by atoms with Crippen LogP contribution in [0.25, 0.3) is 16.6 Å². The highest BCUT2D eigenvalue weighted by atomic mass is 35.5. The van der Waals surface area contributed by atoms with Gasteiger partial charge in [0.25, 0.3) is 0 Å². The first kappa shape index (κ1) is 18.3. The number of aromatic nitrogens is 6. The lowest BCUT2D eigenvalue weighted by molar-refractivity contribution is -0.141. The van der Waals surface area contributed by atoms with E-state index in [-0.39, 0.29) is 11.1 Å². The summed E-state index contributed by atoms with van der Waals surface area (Å²) in [5.41, 5.74) is 1.64. The fourth-order valence-electron chi connectivity index (χ4n) is 3.87. The van der Waals surface area contributed by atoms with Gasteiger partial charge in [0.05, 0.1) is 17.9 Å². The summed E-state index contributed by atoms with van der Waals surface area (Å²) in [5, 5.41) is 8.41. The number of alkyl halides is 3. The van der Waals surface area contributed by atoms with Crippen molar-refractivity contribution < 1.29 is 17.6 Å². The molecule has 0 amide bonds. The summed E-state index contributed by atoms with van der Waals surface area (Å²) in [6.45, 7) is 0.786. The highest BCUT2D eigenvalue weighted by molar-refractivity contribution is 6.29. The molecule has 0 radical (unpaired) electrons. The van der Waals surface area contributed by atoms with E-state index in [2.05, 4.69) is 20.2 Å². The van der Waals surface area contributed by atoms with Gasteiger partial charge in [-0.3, -0.25) is 9.67 Å². The van der Waals surface area contributed by atoms with Crippen molar-refractivity contribution in [3.8, 4) is 0 Å². The van der Waals surface area contributed by atoms with Crippen LogP contribution in [0.2, 0.25) is 5.15 Å². The molecule has 150 valence electrons. The van der Waals surface area contributed by atoms with Crippen molar-refractivity contribution in [2.45, 2.75) is 37.4 Å². The monoisotopic (exact) mass is 424 g/mol. The first-order chi connectivity index (χ1) is 13.7. The fraction of sp³-hybridized carbons (Fsp3) is 0.333. The van der Waals surface area contributed by atoms with E-state index < -0.39 is 24.1 Å². The number of rotatable bonds is 3. The molecule has 6 nitrogen and oxygen atoms in total. The topological polar surface area (TPSA) is 60.9 Å². The Morgan fingerprint density at radius 1 is 1.21 bits per heavy atom. The van der Waals surface area contributed by atoms with E-state index in [4.69, 9.17) is 11.6 Å². The molecule has 2 atom stereocenters. The number of pyridine rings is 1. The van der Waals surface area contributed by atoms with Crippen molar-refractivity contribution >= 4 is 28.2 Å². The molecule has 1 fully saturated rings. The van der Waals surface area contributed by atoms with Gasteiger partial charge in [0.15, 0.2) is 10.8 Å². The van der Waals surface area contributed by atoms with E-state index >= 15 is 0 Å². The van der Waals surface area contributed by atoms with Gasteiger partial charge in [0.1, 0.15) is 6.54 Å². The zero-order valence-corrected chi connectivity index (χ0v) is 15.7. The minimum atomic E-state index is -4.38. The number of hydrogen-bond donors (Lipinski definition) is 0. The molecule has 0 unspecified atom stereocenters. The molecular weight excluding hydrogens is 412 g/mol. The van der Waals surface area contributed by atoms with Crippen LogP contribution in [0.5, 0.6) is 0 Å². The van der Waals surface area contributed by atoms with Crippen LogP contribution in [0.1, 0.15) is 30.5 Å². The molecule has 0 bridgehead atoms. The summed E-state index contributed by atoms with van der Waals surface area (Å²) in [5.74, 6) is -0.696. The Morgan fingerprint density at radius 2 is 2.00 bits per heavy atom. The third-order valence-electron chi connectivity index (χ3n) is 5.48. The van der Waals surface area contributed by atoms with E-state index in [9.17, 15) is 17.6 Å². The summed E-state index contributed by atoms with van der Waals surface area (Å²) in [4.78, 5) is 8.53. The molecule has 1 aliphatic rings. The molecule has 4 heterocycles.